The minimum Gasteiger partial charge on any atom is -0.457 e. The Morgan fingerprint density at radius 3 is 2.77 bits per heavy atom. The van der Waals surface area contributed by atoms with Gasteiger partial charge in [0.25, 0.3) is 5.91 Å². The van der Waals surface area contributed by atoms with Gasteiger partial charge in [-0.05, 0) is 34.2 Å². The van der Waals surface area contributed by atoms with Crippen molar-refractivity contribution < 1.29 is 9.21 Å². The highest BCUT2D eigenvalue weighted by Crippen LogP contribution is 2.16. The number of rotatable bonds is 1. The molecule has 5 nitrogen and oxygen atoms in total. The van der Waals surface area contributed by atoms with Crippen molar-refractivity contribution in [2.75, 3.05) is 0 Å². The molecular formula is C6H6BrN3O2S. The number of nitrogens with one attached hydrogen (secondary N) is 2. The van der Waals surface area contributed by atoms with E-state index in [4.69, 9.17) is 10.2 Å². The average molecular weight is 264 g/mol. The zero-order valence-corrected chi connectivity index (χ0v) is 8.74. The number of hydrogen-bond acceptors (Lipinski definition) is 3. The number of hydrazine groups is 1. The van der Waals surface area contributed by atoms with Crippen LogP contribution in [0, 0.1) is 0 Å². The molecule has 0 fully saturated rings. The fourth-order valence-electron chi connectivity index (χ4n) is 0.641. The van der Waals surface area contributed by atoms with Gasteiger partial charge in [0.2, 0.25) is 0 Å². The van der Waals surface area contributed by atoms with E-state index in [1.165, 1.54) is 12.3 Å². The molecule has 0 aliphatic heterocycles. The first-order valence-corrected chi connectivity index (χ1v) is 4.40. The second kappa shape index (κ2) is 4.24. The molecule has 7 heteroatoms. The zero-order chi connectivity index (χ0) is 9.84. The van der Waals surface area contributed by atoms with E-state index in [2.05, 4.69) is 39.0 Å². The summed E-state index contributed by atoms with van der Waals surface area (Å²) in [5.74, 6) is -0.381. The Kier molecular flexibility index (Phi) is 3.26. The van der Waals surface area contributed by atoms with Crippen LogP contribution in [0.3, 0.4) is 0 Å². The lowest BCUT2D eigenvalue weighted by molar-refractivity contribution is 0.0942. The Bertz CT molecular complexity index is 338. The molecule has 1 rings (SSSR count). The van der Waals surface area contributed by atoms with Gasteiger partial charge in [-0.25, -0.2) is 0 Å². The molecule has 1 heterocycles. The van der Waals surface area contributed by atoms with Crippen LogP contribution in [0.25, 0.3) is 0 Å². The molecule has 4 N–H and O–H groups in total. The van der Waals surface area contributed by atoms with Crippen LogP contribution < -0.4 is 16.6 Å². The quantitative estimate of drug-likeness (QED) is 0.509. The van der Waals surface area contributed by atoms with Gasteiger partial charge in [-0.2, -0.15) is 0 Å². The van der Waals surface area contributed by atoms with Gasteiger partial charge >= 0.3 is 0 Å². The summed E-state index contributed by atoms with van der Waals surface area (Å²) < 4.78 is 5.21. The number of carbonyl (C=O) groups is 1. The maximum Gasteiger partial charge on any atom is 0.274 e. The van der Waals surface area contributed by atoms with Crippen molar-refractivity contribution >= 4 is 39.2 Å². The van der Waals surface area contributed by atoms with E-state index in [-0.39, 0.29) is 11.0 Å². The van der Waals surface area contributed by atoms with Gasteiger partial charge in [0.05, 0.1) is 11.8 Å². The van der Waals surface area contributed by atoms with Crippen molar-refractivity contribution in [2.24, 2.45) is 5.73 Å². The van der Waals surface area contributed by atoms with E-state index in [0.29, 0.717) is 10.2 Å². The molecular weight excluding hydrogens is 258 g/mol. The minimum atomic E-state index is -0.381. The van der Waals surface area contributed by atoms with Gasteiger partial charge < -0.3 is 10.2 Å². The number of nitrogens with two attached hydrogens (primary N) is 1. The molecule has 0 saturated heterocycles. The van der Waals surface area contributed by atoms with Gasteiger partial charge in [-0.15, -0.1) is 0 Å². The average Bonchev–Trinajstić information content (AvgIpc) is 2.47. The predicted molar refractivity (Wildman–Crippen MR) is 53.8 cm³/mol. The van der Waals surface area contributed by atoms with Crippen LogP contribution >= 0.6 is 28.1 Å². The third-order valence-corrected chi connectivity index (χ3v) is 1.88. The van der Waals surface area contributed by atoms with E-state index in [1.807, 2.05) is 0 Å². The summed E-state index contributed by atoms with van der Waals surface area (Å²) in [6.07, 6.45) is 1.39. The standard InChI is InChI=1S/C6H6BrN3O2S/c7-4-3(1-2-12-4)5(11)9-10-6(8)13/h1-2H,(H,9,11)(H3,8,10,13). The van der Waals surface area contributed by atoms with Crippen molar-refractivity contribution in [3.63, 3.8) is 0 Å². The van der Waals surface area contributed by atoms with Gasteiger partial charge in [-0.1, -0.05) is 0 Å². The van der Waals surface area contributed by atoms with E-state index in [1.54, 1.807) is 0 Å². The van der Waals surface area contributed by atoms with Crippen LogP contribution in [-0.2, 0) is 0 Å². The highest BCUT2D eigenvalue weighted by Gasteiger charge is 2.11. The molecule has 0 spiro atoms. The first-order chi connectivity index (χ1) is 6.11. The number of halogens is 1. The maximum absolute atomic E-state index is 11.3. The molecule has 1 aromatic heterocycles. The molecule has 0 unspecified atom stereocenters. The summed E-state index contributed by atoms with van der Waals surface area (Å²) in [4.78, 5) is 11.3. The second-order valence-electron chi connectivity index (χ2n) is 2.05. The van der Waals surface area contributed by atoms with Crippen LogP contribution in [0.15, 0.2) is 21.4 Å². The highest BCUT2D eigenvalue weighted by atomic mass is 79.9. The molecule has 0 radical (unpaired) electrons. The van der Waals surface area contributed by atoms with Crippen molar-refractivity contribution in [1.29, 1.82) is 0 Å². The van der Waals surface area contributed by atoms with Crippen molar-refractivity contribution in [1.82, 2.24) is 10.9 Å². The molecule has 0 saturated carbocycles. The summed E-state index contributed by atoms with van der Waals surface area (Å²) in [7, 11) is 0. The number of amides is 1. The minimum absolute atomic E-state index is 0.00651. The van der Waals surface area contributed by atoms with Crippen LogP contribution in [0.4, 0.5) is 0 Å². The van der Waals surface area contributed by atoms with Gasteiger partial charge in [-0.3, -0.25) is 15.6 Å². The summed E-state index contributed by atoms with van der Waals surface area (Å²) in [5, 5.41) is -0.00651. The first kappa shape index (κ1) is 10.0. The van der Waals surface area contributed by atoms with Gasteiger partial charge in [0.1, 0.15) is 0 Å². The molecule has 1 aromatic rings. The van der Waals surface area contributed by atoms with E-state index in [9.17, 15) is 4.79 Å². The summed E-state index contributed by atoms with van der Waals surface area (Å²) in [5.41, 5.74) is 10.1. The molecule has 0 atom stereocenters. The molecule has 0 aliphatic rings. The van der Waals surface area contributed by atoms with E-state index >= 15 is 0 Å². The van der Waals surface area contributed by atoms with Gasteiger partial charge in [0.15, 0.2) is 9.78 Å². The Labute approximate surface area is 87.8 Å². The normalized spacial score (nSPS) is 9.31. The lowest BCUT2D eigenvalue weighted by atomic mass is 10.3. The van der Waals surface area contributed by atoms with Crippen LogP contribution in [0.1, 0.15) is 10.4 Å². The summed E-state index contributed by atoms with van der Waals surface area (Å²) in [6.45, 7) is 0. The summed E-state index contributed by atoms with van der Waals surface area (Å²) >= 11 is 7.55. The van der Waals surface area contributed by atoms with E-state index < -0.39 is 0 Å². The number of thiocarbonyl (C=S) groups is 1. The smallest absolute Gasteiger partial charge is 0.274 e. The molecule has 0 bridgehead atoms. The van der Waals surface area contributed by atoms with Crippen molar-refractivity contribution in [3.05, 3.63) is 22.6 Å². The Morgan fingerprint density at radius 2 is 2.31 bits per heavy atom. The molecule has 0 aliphatic carbocycles. The third-order valence-electron chi connectivity index (χ3n) is 1.16. The number of hydrogen-bond donors (Lipinski definition) is 3. The number of furan rings is 1. The molecule has 70 valence electrons. The largest absolute Gasteiger partial charge is 0.457 e. The molecule has 0 aromatic carbocycles. The maximum atomic E-state index is 11.3. The van der Waals surface area contributed by atoms with Crippen LogP contribution in [0.2, 0.25) is 0 Å². The Morgan fingerprint density at radius 1 is 1.62 bits per heavy atom. The third kappa shape index (κ3) is 2.71. The SMILES string of the molecule is NC(=S)NNC(=O)c1ccoc1Br. The number of carbonyl (C=O) groups excluding carboxylic acids is 1. The highest BCUT2D eigenvalue weighted by molar-refractivity contribution is 9.10. The van der Waals surface area contributed by atoms with Gasteiger partial charge in [0, 0.05) is 0 Å². The lowest BCUT2D eigenvalue weighted by Gasteiger charge is -2.03. The molecule has 13 heavy (non-hydrogen) atoms. The monoisotopic (exact) mass is 263 g/mol. The lowest BCUT2D eigenvalue weighted by Crippen LogP contribution is -2.44. The fraction of sp³-hybridized carbons (Fsp3) is 0. The topological polar surface area (TPSA) is 80.3 Å². The second-order valence-corrected chi connectivity index (χ2v) is 3.21. The van der Waals surface area contributed by atoms with E-state index in [0.717, 1.165) is 0 Å². The van der Waals surface area contributed by atoms with Crippen molar-refractivity contribution in [3.8, 4) is 0 Å². The molecule has 1 amide bonds. The van der Waals surface area contributed by atoms with Crippen molar-refractivity contribution in [2.45, 2.75) is 0 Å². The predicted octanol–water partition coefficient (Wildman–Crippen LogP) is 0.520. The Balaban J connectivity index is 2.59. The van der Waals surface area contributed by atoms with Crippen LogP contribution in [0.5, 0.6) is 0 Å². The summed E-state index contributed by atoms with van der Waals surface area (Å²) in [6, 6.07) is 1.51. The fourth-order valence-corrected chi connectivity index (χ4v) is 1.11. The zero-order valence-electron chi connectivity index (χ0n) is 6.33. The van der Waals surface area contributed by atoms with Crippen LogP contribution in [-0.4, -0.2) is 11.0 Å². The Hall–Kier alpha value is -1.08. The first-order valence-electron chi connectivity index (χ1n) is 3.20.